The molecule has 1 heterocycles. The van der Waals surface area contributed by atoms with Gasteiger partial charge in [-0.05, 0) is 31.8 Å². The van der Waals surface area contributed by atoms with Gasteiger partial charge in [0.1, 0.15) is 5.83 Å². The highest BCUT2D eigenvalue weighted by molar-refractivity contribution is 5.81. The van der Waals surface area contributed by atoms with Gasteiger partial charge in [-0.3, -0.25) is 9.59 Å². The van der Waals surface area contributed by atoms with Crippen molar-refractivity contribution < 1.29 is 19.1 Å². The average molecular weight is 241 g/mol. The number of carbonyl (C=O) groups excluding carboxylic acids is 1. The van der Waals surface area contributed by atoms with Crippen LogP contribution in [0.15, 0.2) is 11.9 Å². The molecule has 1 saturated carbocycles. The summed E-state index contributed by atoms with van der Waals surface area (Å²) in [6.07, 6.45) is 3.61. The van der Waals surface area contributed by atoms with Crippen molar-refractivity contribution in [2.75, 3.05) is 13.1 Å². The Kier molecular flexibility index (Phi) is 3.45. The fraction of sp³-hybridized carbons (Fsp3) is 0.667. The maximum Gasteiger partial charge on any atom is 0.306 e. The third kappa shape index (κ3) is 2.65. The van der Waals surface area contributed by atoms with Gasteiger partial charge < -0.3 is 10.0 Å². The maximum absolute atomic E-state index is 13.1. The summed E-state index contributed by atoms with van der Waals surface area (Å²) in [5.41, 5.74) is 0. The highest BCUT2D eigenvalue weighted by Gasteiger charge is 2.36. The van der Waals surface area contributed by atoms with E-state index >= 15 is 0 Å². The molecule has 1 aliphatic carbocycles. The van der Waals surface area contributed by atoms with Crippen LogP contribution in [0.2, 0.25) is 0 Å². The van der Waals surface area contributed by atoms with Gasteiger partial charge in [0.25, 0.3) is 0 Å². The van der Waals surface area contributed by atoms with Crippen LogP contribution in [-0.4, -0.2) is 35.0 Å². The molecule has 4 nitrogen and oxygen atoms in total. The number of hydrogen-bond acceptors (Lipinski definition) is 2. The SMILES string of the molecule is O=C(O)[C@@H]1CC[C@H](C(=O)N2CCC=C(F)C2)C1. The lowest BCUT2D eigenvalue weighted by Crippen LogP contribution is -2.38. The second-order valence-corrected chi connectivity index (χ2v) is 4.74. The molecule has 1 amide bonds. The summed E-state index contributed by atoms with van der Waals surface area (Å²) in [7, 11) is 0. The lowest BCUT2D eigenvalue weighted by Gasteiger charge is -2.27. The normalized spacial score (nSPS) is 29.0. The number of aliphatic carboxylic acids is 1. The Bertz CT molecular complexity index is 367. The quantitative estimate of drug-likeness (QED) is 0.798. The minimum absolute atomic E-state index is 0.0487. The van der Waals surface area contributed by atoms with Crippen LogP contribution in [0, 0.1) is 11.8 Å². The van der Waals surface area contributed by atoms with E-state index in [1.165, 1.54) is 11.0 Å². The van der Waals surface area contributed by atoms with Crippen LogP contribution in [0.4, 0.5) is 4.39 Å². The first-order chi connectivity index (χ1) is 8.08. The van der Waals surface area contributed by atoms with E-state index in [0.29, 0.717) is 32.2 Å². The molecule has 0 radical (unpaired) electrons. The largest absolute Gasteiger partial charge is 0.481 e. The van der Waals surface area contributed by atoms with E-state index in [1.54, 1.807) is 0 Å². The molecule has 5 heteroatoms. The van der Waals surface area contributed by atoms with Crippen molar-refractivity contribution in [2.45, 2.75) is 25.7 Å². The summed E-state index contributed by atoms with van der Waals surface area (Å²) in [6.45, 7) is 0.591. The van der Waals surface area contributed by atoms with Crippen LogP contribution in [0.1, 0.15) is 25.7 Å². The monoisotopic (exact) mass is 241 g/mol. The van der Waals surface area contributed by atoms with Gasteiger partial charge in [0.05, 0.1) is 12.5 Å². The Morgan fingerprint density at radius 1 is 1.35 bits per heavy atom. The molecule has 1 N–H and O–H groups in total. The van der Waals surface area contributed by atoms with Crippen LogP contribution < -0.4 is 0 Å². The van der Waals surface area contributed by atoms with Gasteiger partial charge >= 0.3 is 5.97 Å². The van der Waals surface area contributed by atoms with Crippen LogP contribution >= 0.6 is 0 Å². The number of amides is 1. The molecular weight excluding hydrogens is 225 g/mol. The van der Waals surface area contributed by atoms with Crippen molar-refractivity contribution >= 4 is 11.9 Å². The van der Waals surface area contributed by atoms with Crippen molar-refractivity contribution in [3.05, 3.63) is 11.9 Å². The maximum atomic E-state index is 13.1. The molecule has 0 saturated heterocycles. The smallest absolute Gasteiger partial charge is 0.306 e. The van der Waals surface area contributed by atoms with Gasteiger partial charge in [0, 0.05) is 12.5 Å². The van der Waals surface area contributed by atoms with Crippen molar-refractivity contribution in [1.82, 2.24) is 4.90 Å². The number of halogens is 1. The van der Waals surface area contributed by atoms with E-state index in [0.717, 1.165) is 0 Å². The van der Waals surface area contributed by atoms with E-state index in [-0.39, 0.29) is 24.2 Å². The molecule has 0 unspecified atom stereocenters. The summed E-state index contributed by atoms with van der Waals surface area (Å²) in [5, 5.41) is 8.87. The molecule has 0 bridgehead atoms. The summed E-state index contributed by atoms with van der Waals surface area (Å²) >= 11 is 0. The molecule has 0 aromatic heterocycles. The highest BCUT2D eigenvalue weighted by Crippen LogP contribution is 2.32. The Hall–Kier alpha value is -1.39. The highest BCUT2D eigenvalue weighted by atomic mass is 19.1. The van der Waals surface area contributed by atoms with Crippen molar-refractivity contribution in [1.29, 1.82) is 0 Å². The van der Waals surface area contributed by atoms with E-state index in [4.69, 9.17) is 5.11 Å². The fourth-order valence-corrected chi connectivity index (χ4v) is 2.58. The number of rotatable bonds is 2. The third-order valence-corrected chi connectivity index (χ3v) is 3.55. The number of hydrogen-bond donors (Lipinski definition) is 1. The number of carboxylic acid groups (broad SMARTS) is 1. The second kappa shape index (κ2) is 4.85. The summed E-state index contributed by atoms with van der Waals surface area (Å²) in [4.78, 5) is 24.4. The van der Waals surface area contributed by atoms with Gasteiger partial charge in [-0.15, -0.1) is 0 Å². The van der Waals surface area contributed by atoms with Gasteiger partial charge in [0.15, 0.2) is 0 Å². The molecule has 1 aliphatic heterocycles. The topological polar surface area (TPSA) is 57.6 Å². The molecule has 0 aromatic carbocycles. The lowest BCUT2D eigenvalue weighted by atomic mass is 10.0. The number of carboxylic acids is 1. The molecular formula is C12H16FNO3. The first-order valence-corrected chi connectivity index (χ1v) is 5.94. The van der Waals surface area contributed by atoms with Gasteiger partial charge in [-0.2, -0.15) is 0 Å². The Balaban J connectivity index is 1.93. The van der Waals surface area contributed by atoms with Crippen LogP contribution in [0.5, 0.6) is 0 Å². The third-order valence-electron chi connectivity index (χ3n) is 3.55. The summed E-state index contributed by atoms with van der Waals surface area (Å²) < 4.78 is 13.1. The lowest BCUT2D eigenvalue weighted by molar-refractivity contribution is -0.141. The molecule has 2 atom stereocenters. The van der Waals surface area contributed by atoms with Crippen LogP contribution in [-0.2, 0) is 9.59 Å². The molecule has 0 aromatic rings. The van der Waals surface area contributed by atoms with Gasteiger partial charge in [-0.1, -0.05) is 0 Å². The van der Waals surface area contributed by atoms with Gasteiger partial charge in [0.2, 0.25) is 5.91 Å². The summed E-state index contributed by atoms with van der Waals surface area (Å²) in [5.74, 6) is -1.82. The van der Waals surface area contributed by atoms with Crippen LogP contribution in [0.3, 0.4) is 0 Å². The zero-order valence-corrected chi connectivity index (χ0v) is 9.56. The second-order valence-electron chi connectivity index (χ2n) is 4.74. The molecule has 0 spiro atoms. The average Bonchev–Trinajstić information content (AvgIpc) is 2.77. The van der Waals surface area contributed by atoms with Crippen molar-refractivity contribution in [2.24, 2.45) is 11.8 Å². The predicted octanol–water partition coefficient (Wildman–Crippen LogP) is 1.57. The van der Waals surface area contributed by atoms with Gasteiger partial charge in [-0.25, -0.2) is 4.39 Å². The molecule has 1 fully saturated rings. The van der Waals surface area contributed by atoms with Crippen molar-refractivity contribution in [3.63, 3.8) is 0 Å². The van der Waals surface area contributed by atoms with Crippen LogP contribution in [0.25, 0.3) is 0 Å². The standard InChI is InChI=1S/C12H16FNO3/c13-10-2-1-5-14(7-10)11(15)8-3-4-9(6-8)12(16)17/h2,8-9H,1,3-7H2,(H,16,17)/t8-,9+/m0/s1. The summed E-state index contributed by atoms with van der Waals surface area (Å²) in [6, 6.07) is 0. The minimum Gasteiger partial charge on any atom is -0.481 e. The predicted molar refractivity (Wildman–Crippen MR) is 58.9 cm³/mol. The fourth-order valence-electron chi connectivity index (χ4n) is 2.58. The van der Waals surface area contributed by atoms with E-state index in [2.05, 4.69) is 0 Å². The first kappa shape index (κ1) is 12.1. The molecule has 2 rings (SSSR count). The Morgan fingerprint density at radius 2 is 2.06 bits per heavy atom. The zero-order chi connectivity index (χ0) is 12.4. The minimum atomic E-state index is -0.829. The van der Waals surface area contributed by atoms with E-state index < -0.39 is 11.9 Å². The first-order valence-electron chi connectivity index (χ1n) is 5.94. The zero-order valence-electron chi connectivity index (χ0n) is 9.56. The van der Waals surface area contributed by atoms with E-state index in [9.17, 15) is 14.0 Å². The number of nitrogens with zero attached hydrogens (tertiary/aromatic N) is 1. The molecule has 17 heavy (non-hydrogen) atoms. The van der Waals surface area contributed by atoms with E-state index in [1.807, 2.05) is 0 Å². The molecule has 2 aliphatic rings. The van der Waals surface area contributed by atoms with Crippen molar-refractivity contribution in [3.8, 4) is 0 Å². The number of carbonyl (C=O) groups is 2. The Morgan fingerprint density at radius 3 is 2.65 bits per heavy atom. The Labute approximate surface area is 99.1 Å². The molecule has 94 valence electrons.